The van der Waals surface area contributed by atoms with Crippen LogP contribution in [0.4, 0.5) is 0 Å². The minimum absolute atomic E-state index is 0.196. The number of likely N-dealkylation sites (N-methyl/N-ethyl adjacent to an activating group) is 1. The third-order valence-corrected chi connectivity index (χ3v) is 5.25. The second-order valence-corrected chi connectivity index (χ2v) is 6.15. The summed E-state index contributed by atoms with van der Waals surface area (Å²) in [6, 6.07) is 10.1. The molecule has 1 heterocycles. The topological polar surface area (TPSA) is 32.5 Å². The Bertz CT molecular complexity index is 455. The van der Waals surface area contributed by atoms with Crippen LogP contribution in [0.5, 0.6) is 0 Å². The number of benzene rings is 1. The number of nitrogens with two attached hydrogens (primary N) is 1. The van der Waals surface area contributed by atoms with Crippen molar-refractivity contribution < 1.29 is 0 Å². The van der Waals surface area contributed by atoms with Crippen molar-refractivity contribution in [2.24, 2.45) is 5.73 Å². The average molecular weight is 273 g/mol. The van der Waals surface area contributed by atoms with E-state index in [9.17, 15) is 0 Å². The van der Waals surface area contributed by atoms with E-state index in [1.807, 2.05) is 0 Å². The van der Waals surface area contributed by atoms with Crippen molar-refractivity contribution >= 4 is 0 Å². The standard InChI is InChI=1S/C17H27N3/c1-3-19(4-2)14-9-10-20(12-14)16-11-13-7-5-6-8-15(13)17(16)18/h5-8,14,16-17H,3-4,9-12,18H2,1-2H3. The van der Waals surface area contributed by atoms with Gasteiger partial charge in [0.15, 0.2) is 0 Å². The van der Waals surface area contributed by atoms with Crippen molar-refractivity contribution in [3.05, 3.63) is 35.4 Å². The van der Waals surface area contributed by atoms with Crippen LogP contribution in [0.1, 0.15) is 37.4 Å². The lowest BCUT2D eigenvalue weighted by molar-refractivity contribution is 0.178. The number of fused-ring (bicyclic) bond motifs is 1. The molecule has 20 heavy (non-hydrogen) atoms. The second-order valence-electron chi connectivity index (χ2n) is 6.15. The number of nitrogens with zero attached hydrogens (tertiary/aromatic N) is 2. The summed E-state index contributed by atoms with van der Waals surface area (Å²) in [4.78, 5) is 5.22. The van der Waals surface area contributed by atoms with Gasteiger partial charge in [0.05, 0.1) is 0 Å². The molecule has 2 aliphatic rings. The van der Waals surface area contributed by atoms with Crippen LogP contribution in [0.3, 0.4) is 0 Å². The summed E-state index contributed by atoms with van der Waals surface area (Å²) in [6.45, 7) is 9.24. The molecule has 1 aliphatic heterocycles. The van der Waals surface area contributed by atoms with Gasteiger partial charge in [-0.05, 0) is 37.1 Å². The van der Waals surface area contributed by atoms with Crippen LogP contribution in [0.2, 0.25) is 0 Å². The molecule has 1 aromatic carbocycles. The maximum atomic E-state index is 6.50. The largest absolute Gasteiger partial charge is 0.323 e. The van der Waals surface area contributed by atoms with Gasteiger partial charge in [-0.25, -0.2) is 0 Å². The zero-order valence-corrected chi connectivity index (χ0v) is 12.8. The summed E-state index contributed by atoms with van der Waals surface area (Å²) in [5.41, 5.74) is 9.32. The van der Waals surface area contributed by atoms with Crippen molar-refractivity contribution in [2.45, 2.75) is 44.8 Å². The molecule has 1 fully saturated rings. The van der Waals surface area contributed by atoms with Crippen LogP contribution in [0.15, 0.2) is 24.3 Å². The van der Waals surface area contributed by atoms with Gasteiger partial charge in [0.2, 0.25) is 0 Å². The van der Waals surface area contributed by atoms with E-state index in [-0.39, 0.29) is 6.04 Å². The van der Waals surface area contributed by atoms with Gasteiger partial charge in [0, 0.05) is 31.2 Å². The van der Waals surface area contributed by atoms with Gasteiger partial charge in [-0.15, -0.1) is 0 Å². The Kier molecular flexibility index (Phi) is 4.11. The van der Waals surface area contributed by atoms with E-state index in [4.69, 9.17) is 5.73 Å². The first-order valence-electron chi connectivity index (χ1n) is 8.06. The Hall–Kier alpha value is -0.900. The molecular weight excluding hydrogens is 246 g/mol. The average Bonchev–Trinajstić information content (AvgIpc) is 3.06. The highest BCUT2D eigenvalue weighted by Gasteiger charge is 2.37. The molecule has 2 N–H and O–H groups in total. The first kappa shape index (κ1) is 14.1. The normalized spacial score (nSPS) is 30.1. The van der Waals surface area contributed by atoms with Crippen molar-refractivity contribution in [2.75, 3.05) is 26.2 Å². The van der Waals surface area contributed by atoms with Crippen LogP contribution >= 0.6 is 0 Å². The molecule has 1 aliphatic carbocycles. The molecule has 0 saturated carbocycles. The van der Waals surface area contributed by atoms with E-state index in [0.717, 1.165) is 25.6 Å². The molecular formula is C17H27N3. The van der Waals surface area contributed by atoms with Crippen molar-refractivity contribution in [3.63, 3.8) is 0 Å². The van der Waals surface area contributed by atoms with E-state index >= 15 is 0 Å². The Balaban J connectivity index is 1.68. The van der Waals surface area contributed by atoms with Crippen LogP contribution in [0, 0.1) is 0 Å². The Morgan fingerprint density at radius 1 is 1.25 bits per heavy atom. The van der Waals surface area contributed by atoms with Gasteiger partial charge in [-0.1, -0.05) is 38.1 Å². The van der Waals surface area contributed by atoms with Crippen LogP contribution in [-0.4, -0.2) is 48.1 Å². The maximum absolute atomic E-state index is 6.50. The Morgan fingerprint density at radius 2 is 2.00 bits per heavy atom. The highest BCUT2D eigenvalue weighted by atomic mass is 15.3. The summed E-state index contributed by atoms with van der Waals surface area (Å²) in [6.07, 6.45) is 2.42. The van der Waals surface area contributed by atoms with Gasteiger partial charge in [-0.2, -0.15) is 0 Å². The molecule has 1 saturated heterocycles. The zero-order valence-electron chi connectivity index (χ0n) is 12.8. The maximum Gasteiger partial charge on any atom is 0.0459 e. The first-order chi connectivity index (χ1) is 9.74. The van der Waals surface area contributed by atoms with Crippen LogP contribution in [0.25, 0.3) is 0 Å². The fraction of sp³-hybridized carbons (Fsp3) is 0.647. The Labute approximate surface area is 122 Å². The summed E-state index contributed by atoms with van der Waals surface area (Å²) in [7, 11) is 0. The SMILES string of the molecule is CCN(CC)C1CCN(C2Cc3ccccc3C2N)C1. The minimum Gasteiger partial charge on any atom is -0.323 e. The molecule has 3 nitrogen and oxygen atoms in total. The molecule has 3 heteroatoms. The summed E-state index contributed by atoms with van der Waals surface area (Å²) >= 11 is 0. The lowest BCUT2D eigenvalue weighted by Gasteiger charge is -2.30. The fourth-order valence-electron chi connectivity index (χ4n) is 4.07. The van der Waals surface area contributed by atoms with E-state index in [0.29, 0.717) is 6.04 Å². The smallest absolute Gasteiger partial charge is 0.0459 e. The zero-order chi connectivity index (χ0) is 14.1. The van der Waals surface area contributed by atoms with Gasteiger partial charge in [0.25, 0.3) is 0 Å². The number of rotatable bonds is 4. The Morgan fingerprint density at radius 3 is 2.70 bits per heavy atom. The van der Waals surface area contributed by atoms with E-state index in [2.05, 4.69) is 47.9 Å². The quantitative estimate of drug-likeness (QED) is 0.911. The molecule has 110 valence electrons. The van der Waals surface area contributed by atoms with Crippen molar-refractivity contribution in [3.8, 4) is 0 Å². The summed E-state index contributed by atoms with van der Waals surface area (Å²) < 4.78 is 0. The molecule has 0 radical (unpaired) electrons. The lowest BCUT2D eigenvalue weighted by Crippen LogP contribution is -2.43. The molecule has 3 unspecified atom stereocenters. The van der Waals surface area contributed by atoms with Gasteiger partial charge in [0.1, 0.15) is 0 Å². The lowest BCUT2D eigenvalue weighted by atomic mass is 10.1. The monoisotopic (exact) mass is 273 g/mol. The third kappa shape index (κ3) is 2.39. The number of hydrogen-bond donors (Lipinski definition) is 1. The predicted molar refractivity (Wildman–Crippen MR) is 83.8 cm³/mol. The third-order valence-electron chi connectivity index (χ3n) is 5.25. The van der Waals surface area contributed by atoms with Gasteiger partial charge >= 0.3 is 0 Å². The van der Waals surface area contributed by atoms with Gasteiger partial charge < -0.3 is 5.73 Å². The predicted octanol–water partition coefficient (Wildman–Crippen LogP) is 2.03. The number of hydrogen-bond acceptors (Lipinski definition) is 3. The van der Waals surface area contributed by atoms with Crippen molar-refractivity contribution in [1.29, 1.82) is 0 Å². The first-order valence-corrected chi connectivity index (χ1v) is 8.06. The molecule has 0 amide bonds. The van der Waals surface area contributed by atoms with Crippen LogP contribution < -0.4 is 5.73 Å². The van der Waals surface area contributed by atoms with Crippen molar-refractivity contribution in [1.82, 2.24) is 9.80 Å². The highest BCUT2D eigenvalue weighted by molar-refractivity contribution is 5.37. The van der Waals surface area contributed by atoms with E-state index < -0.39 is 0 Å². The molecule has 3 rings (SSSR count). The minimum atomic E-state index is 0.196. The molecule has 0 bridgehead atoms. The van der Waals surface area contributed by atoms with Crippen LogP contribution in [-0.2, 0) is 6.42 Å². The molecule has 0 aromatic heterocycles. The number of likely N-dealkylation sites (tertiary alicyclic amines) is 1. The second kappa shape index (κ2) is 5.84. The van der Waals surface area contributed by atoms with Gasteiger partial charge in [-0.3, -0.25) is 9.80 Å². The van der Waals surface area contributed by atoms with E-state index in [1.165, 1.54) is 30.6 Å². The van der Waals surface area contributed by atoms with E-state index in [1.54, 1.807) is 0 Å². The summed E-state index contributed by atoms with van der Waals surface area (Å²) in [5.74, 6) is 0. The summed E-state index contributed by atoms with van der Waals surface area (Å²) in [5, 5.41) is 0. The molecule has 1 aromatic rings. The molecule has 0 spiro atoms. The fourth-order valence-corrected chi connectivity index (χ4v) is 4.07. The molecule has 3 atom stereocenters. The highest BCUT2D eigenvalue weighted by Crippen LogP contribution is 2.34.